The minimum Gasteiger partial charge on any atom is -0.379 e. The summed E-state index contributed by atoms with van der Waals surface area (Å²) in [5.74, 6) is 0.746. The fraction of sp³-hybridized carbons (Fsp3) is 0.952. The van der Waals surface area contributed by atoms with Crippen molar-refractivity contribution in [1.29, 1.82) is 0 Å². The Hall–Kier alpha value is 0.680. The van der Waals surface area contributed by atoms with E-state index in [1.165, 1.54) is 11.8 Å². The van der Waals surface area contributed by atoms with E-state index in [1.807, 2.05) is 6.92 Å². The highest BCUT2D eigenvalue weighted by atomic mass is 32.7. The van der Waals surface area contributed by atoms with Gasteiger partial charge in [-0.3, -0.25) is 14.1 Å². The molecule has 0 atom stereocenters. The summed E-state index contributed by atoms with van der Waals surface area (Å²) >= 11 is 3.45. The maximum atomic E-state index is 11.4. The molecule has 0 aliphatic rings. The third-order valence-electron chi connectivity index (χ3n) is 4.07. The van der Waals surface area contributed by atoms with Crippen molar-refractivity contribution in [2.24, 2.45) is 0 Å². The second kappa shape index (κ2) is 13.9. The molecule has 4 nitrogen and oxygen atoms in total. The maximum absolute atomic E-state index is 11.4. The normalized spacial score (nSPS) is 13.4. The number of carbonyl (C=O) groups excluding carboxylic acids is 1. The number of carbonyl (C=O) groups is 1. The molecule has 28 heavy (non-hydrogen) atoms. The minimum atomic E-state index is -0.527. The molecule has 0 aromatic carbocycles. The Morgan fingerprint density at radius 3 is 1.71 bits per heavy atom. The summed E-state index contributed by atoms with van der Waals surface area (Å²) in [5.41, 5.74) is 0. The van der Waals surface area contributed by atoms with Crippen LogP contribution in [0.4, 0.5) is 0 Å². The van der Waals surface area contributed by atoms with Gasteiger partial charge in [0, 0.05) is 41.1 Å². The van der Waals surface area contributed by atoms with E-state index in [1.54, 1.807) is 0 Å². The average Bonchev–Trinajstić information content (AvgIpc) is 2.52. The van der Waals surface area contributed by atoms with Crippen molar-refractivity contribution in [3.8, 4) is 0 Å². The van der Waals surface area contributed by atoms with E-state index in [-0.39, 0.29) is 9.86 Å². The van der Waals surface area contributed by atoms with E-state index in [0.29, 0.717) is 43.8 Å². The first-order valence-electron chi connectivity index (χ1n) is 10.6. The van der Waals surface area contributed by atoms with Gasteiger partial charge in [-0.25, -0.2) is 0 Å². The summed E-state index contributed by atoms with van der Waals surface area (Å²) < 4.78 is 11.3. The lowest BCUT2D eigenvalue weighted by Crippen LogP contribution is -2.43. The summed E-state index contributed by atoms with van der Waals surface area (Å²) in [6, 6.07) is 1.97. The number of rotatable bonds is 14. The summed E-state index contributed by atoms with van der Waals surface area (Å²) in [7, 11) is -0.527. The van der Waals surface area contributed by atoms with E-state index in [4.69, 9.17) is 4.74 Å². The predicted molar refractivity (Wildman–Crippen MR) is 131 cm³/mol. The van der Waals surface area contributed by atoms with Crippen LogP contribution >= 0.6 is 30.6 Å². The van der Waals surface area contributed by atoms with Gasteiger partial charge in [-0.2, -0.15) is 0 Å². The molecule has 7 heteroatoms. The summed E-state index contributed by atoms with van der Waals surface area (Å²) in [5, 5.41) is 0.245. The lowest BCUT2D eigenvalue weighted by atomic mass is 10.2. The monoisotopic (exact) mass is 452 g/mol. The van der Waals surface area contributed by atoms with Gasteiger partial charge in [-0.1, -0.05) is 30.1 Å². The number of hydrogen-bond donors (Lipinski definition) is 0. The van der Waals surface area contributed by atoms with Crippen LogP contribution in [0.1, 0.15) is 82.6 Å². The van der Waals surface area contributed by atoms with Gasteiger partial charge in [0.25, 0.3) is 0 Å². The van der Waals surface area contributed by atoms with Crippen molar-refractivity contribution < 1.29 is 9.53 Å². The Bertz CT molecular complexity index is 410. The van der Waals surface area contributed by atoms with Crippen LogP contribution in [0.3, 0.4) is 0 Å². The molecule has 0 saturated heterocycles. The molecule has 0 fully saturated rings. The standard InChI is InChI=1S/C21H45N2O2PS2/c1-12-20(24)27-14-13-25-15-21(10,11)28-26(22(16(2)3)17(4)5)23(18(6)7)19(8)9/h16-19H,12-15H2,1-11H3. The lowest BCUT2D eigenvalue weighted by molar-refractivity contribution is -0.110. The second-order valence-electron chi connectivity index (χ2n) is 8.87. The molecule has 0 radical (unpaired) electrons. The van der Waals surface area contributed by atoms with Crippen LogP contribution in [0.5, 0.6) is 0 Å². The molecule has 0 aliphatic carbocycles. The van der Waals surface area contributed by atoms with E-state index in [9.17, 15) is 4.79 Å². The molecule has 0 aromatic rings. The van der Waals surface area contributed by atoms with Crippen molar-refractivity contribution in [1.82, 2.24) is 9.34 Å². The first-order valence-corrected chi connectivity index (χ1v) is 14.3. The Labute approximate surface area is 184 Å². The van der Waals surface area contributed by atoms with Crippen molar-refractivity contribution >= 4 is 35.7 Å². The molecule has 0 aliphatic heterocycles. The number of ether oxygens (including phenoxy) is 1. The molecule has 0 saturated carbocycles. The highest BCUT2D eigenvalue weighted by molar-refractivity contribution is 8.54. The highest BCUT2D eigenvalue weighted by Crippen LogP contribution is 2.63. The minimum absolute atomic E-state index is 0.00912. The van der Waals surface area contributed by atoms with Crippen LogP contribution in [0.2, 0.25) is 0 Å². The van der Waals surface area contributed by atoms with Gasteiger partial charge in [0.15, 0.2) is 5.12 Å². The van der Waals surface area contributed by atoms with Crippen molar-refractivity contribution in [2.45, 2.75) is 111 Å². The quantitative estimate of drug-likeness (QED) is 0.217. The molecular formula is C21H45N2O2PS2. The van der Waals surface area contributed by atoms with Gasteiger partial charge in [0.05, 0.1) is 13.2 Å². The fourth-order valence-electron chi connectivity index (χ4n) is 3.08. The Morgan fingerprint density at radius 1 is 0.929 bits per heavy atom. The lowest BCUT2D eigenvalue weighted by Gasteiger charge is -2.48. The number of thioether (sulfide) groups is 1. The van der Waals surface area contributed by atoms with Gasteiger partial charge in [0.1, 0.15) is 7.42 Å². The zero-order chi connectivity index (χ0) is 22.1. The number of hydrogen-bond acceptors (Lipinski definition) is 6. The van der Waals surface area contributed by atoms with Crippen LogP contribution in [0, 0.1) is 0 Å². The Kier molecular flexibility index (Phi) is 14.2. The highest BCUT2D eigenvalue weighted by Gasteiger charge is 2.37. The third kappa shape index (κ3) is 10.6. The Balaban J connectivity index is 5.21. The van der Waals surface area contributed by atoms with Crippen molar-refractivity contribution in [3.63, 3.8) is 0 Å². The van der Waals surface area contributed by atoms with Crippen LogP contribution in [-0.4, -0.2) is 62.3 Å². The van der Waals surface area contributed by atoms with E-state index >= 15 is 0 Å². The van der Waals surface area contributed by atoms with Crippen LogP contribution in [0.15, 0.2) is 0 Å². The van der Waals surface area contributed by atoms with Gasteiger partial charge in [-0.05, 0) is 69.2 Å². The van der Waals surface area contributed by atoms with Crippen molar-refractivity contribution in [2.75, 3.05) is 19.0 Å². The van der Waals surface area contributed by atoms with Crippen molar-refractivity contribution in [3.05, 3.63) is 0 Å². The van der Waals surface area contributed by atoms with Gasteiger partial charge in [0.2, 0.25) is 0 Å². The average molecular weight is 453 g/mol. The molecule has 0 N–H and O–H groups in total. The van der Waals surface area contributed by atoms with Gasteiger partial charge < -0.3 is 4.74 Å². The predicted octanol–water partition coefficient (Wildman–Crippen LogP) is 6.65. The summed E-state index contributed by atoms with van der Waals surface area (Å²) in [4.78, 5) is 11.4. The van der Waals surface area contributed by atoms with Gasteiger partial charge in [-0.15, -0.1) is 0 Å². The molecule has 0 aromatic heterocycles. The molecule has 0 unspecified atom stereocenters. The molecule has 0 spiro atoms. The van der Waals surface area contributed by atoms with Gasteiger partial charge >= 0.3 is 0 Å². The smallest absolute Gasteiger partial charge is 0.188 e. The fourth-order valence-corrected chi connectivity index (χ4v) is 10.6. The molecule has 0 rings (SSSR count). The molecule has 0 heterocycles. The zero-order valence-corrected chi connectivity index (χ0v) is 22.6. The topological polar surface area (TPSA) is 32.8 Å². The molecular weight excluding hydrogens is 407 g/mol. The first-order chi connectivity index (χ1) is 12.8. The first kappa shape index (κ1) is 28.7. The maximum Gasteiger partial charge on any atom is 0.188 e. The SMILES string of the molecule is CCC(=O)SCCOCC(C)(C)SP(N(C(C)C)C(C)C)N(C(C)C)C(C)C. The molecule has 168 valence electrons. The zero-order valence-electron chi connectivity index (χ0n) is 20.1. The van der Waals surface area contributed by atoms with Crippen LogP contribution in [0.25, 0.3) is 0 Å². The van der Waals surface area contributed by atoms with Crippen LogP contribution < -0.4 is 0 Å². The van der Waals surface area contributed by atoms with E-state index in [2.05, 4.69) is 90.0 Å². The third-order valence-corrected chi connectivity index (χ3v) is 11.6. The van der Waals surface area contributed by atoms with E-state index in [0.717, 1.165) is 5.75 Å². The molecule has 0 amide bonds. The van der Waals surface area contributed by atoms with Crippen LogP contribution in [-0.2, 0) is 9.53 Å². The Morgan fingerprint density at radius 2 is 1.36 bits per heavy atom. The summed E-state index contributed by atoms with van der Waals surface area (Å²) in [6.07, 6.45) is 0.594. The largest absolute Gasteiger partial charge is 0.379 e. The number of nitrogens with zero attached hydrogens (tertiary/aromatic N) is 2. The second-order valence-corrected chi connectivity index (χ2v) is 14.3. The molecule has 0 bridgehead atoms. The van der Waals surface area contributed by atoms with E-state index < -0.39 is 7.42 Å². The summed E-state index contributed by atoms with van der Waals surface area (Å²) in [6.45, 7) is 26.3.